The van der Waals surface area contributed by atoms with Crippen LogP contribution in [-0.2, 0) is 52.2 Å². The maximum absolute atomic E-state index is 14.7. The summed E-state index contributed by atoms with van der Waals surface area (Å²) in [5.41, 5.74) is -0.628. The van der Waals surface area contributed by atoms with Crippen molar-refractivity contribution in [2.45, 2.75) is 220 Å². The molecule has 0 bridgehead atoms. The minimum atomic E-state index is -2.01. The molecule has 6 aliphatic heterocycles. The molecule has 1 spiro atoms. The van der Waals surface area contributed by atoms with E-state index in [2.05, 4.69) is 27.7 Å². The second kappa shape index (κ2) is 21.1. The summed E-state index contributed by atoms with van der Waals surface area (Å²) in [6, 6.07) is 0. The van der Waals surface area contributed by atoms with E-state index in [1.165, 1.54) is 0 Å². The van der Waals surface area contributed by atoms with Crippen molar-refractivity contribution in [1.29, 1.82) is 0 Å². The van der Waals surface area contributed by atoms with Gasteiger partial charge in [0.05, 0.1) is 45.2 Å². The molecule has 4 aliphatic carbocycles. The topological polar surface area (TPSA) is 352 Å². The fraction of sp³-hybridized carbons (Fsp3) is 0.980. The number of carbonyl (C=O) groups is 1. The van der Waals surface area contributed by atoms with Gasteiger partial charge in [-0.25, -0.2) is 0 Å². The van der Waals surface area contributed by atoms with Gasteiger partial charge in [-0.3, -0.25) is 4.79 Å². The van der Waals surface area contributed by atoms with Crippen LogP contribution in [0.25, 0.3) is 0 Å². The zero-order valence-electron chi connectivity index (χ0n) is 41.9. The van der Waals surface area contributed by atoms with Crippen molar-refractivity contribution in [3.8, 4) is 0 Å². The van der Waals surface area contributed by atoms with Gasteiger partial charge in [0, 0.05) is 30.1 Å². The Hall–Kier alpha value is -1.21. The molecule has 0 amide bonds. The monoisotopic (exact) mass is 1050 g/mol. The molecule has 73 heavy (non-hydrogen) atoms. The summed E-state index contributed by atoms with van der Waals surface area (Å²) < 4.78 is 61.1. The Kier molecular flexibility index (Phi) is 15.9. The third kappa shape index (κ3) is 9.30. The van der Waals surface area contributed by atoms with Gasteiger partial charge >= 0.3 is 0 Å². The summed E-state index contributed by atoms with van der Waals surface area (Å²) >= 11 is 0. The maximum Gasteiger partial charge on any atom is 0.187 e. The molecule has 418 valence electrons. The average Bonchev–Trinajstić information content (AvgIpc) is 3.83. The normalized spacial score (nSPS) is 57.2. The first-order valence-electron chi connectivity index (χ1n) is 26.7. The fourth-order valence-electron chi connectivity index (χ4n) is 15.6. The summed E-state index contributed by atoms with van der Waals surface area (Å²) in [6.45, 7) is 6.58. The molecule has 6 saturated heterocycles. The number of aliphatic hydroxyl groups excluding tert-OH is 12. The number of ketones is 1. The van der Waals surface area contributed by atoms with Crippen molar-refractivity contribution in [2.24, 2.45) is 52.3 Å². The highest BCUT2D eigenvalue weighted by molar-refractivity contribution is 5.87. The predicted molar refractivity (Wildman–Crippen MR) is 243 cm³/mol. The number of rotatable bonds is 11. The van der Waals surface area contributed by atoms with Crippen LogP contribution >= 0.6 is 0 Å². The molecule has 2 unspecified atom stereocenters. The Bertz CT molecular complexity index is 1910. The highest BCUT2D eigenvalue weighted by Crippen LogP contribution is 2.70. The van der Waals surface area contributed by atoms with E-state index in [9.17, 15) is 66.1 Å². The van der Waals surface area contributed by atoms with E-state index in [0.29, 0.717) is 43.5 Å². The van der Waals surface area contributed by atoms with Gasteiger partial charge in [-0.05, 0) is 80.0 Å². The number of aliphatic hydroxyl groups is 12. The van der Waals surface area contributed by atoms with Crippen molar-refractivity contribution < 1.29 is 113 Å². The first kappa shape index (κ1) is 55.1. The van der Waals surface area contributed by atoms with E-state index in [-0.39, 0.29) is 41.1 Å². The summed E-state index contributed by atoms with van der Waals surface area (Å²) in [6.07, 6.45) is -26.6. The van der Waals surface area contributed by atoms with Gasteiger partial charge in [0.2, 0.25) is 0 Å². The minimum Gasteiger partial charge on any atom is -0.394 e. The second-order valence-electron chi connectivity index (χ2n) is 23.7. The van der Waals surface area contributed by atoms with E-state index in [1.807, 2.05) is 0 Å². The van der Waals surface area contributed by atoms with E-state index in [0.717, 1.165) is 38.5 Å². The summed E-state index contributed by atoms with van der Waals surface area (Å²) in [5, 5.41) is 129. The lowest BCUT2D eigenvalue weighted by molar-refractivity contribution is -0.404. The highest BCUT2D eigenvalue weighted by atomic mass is 16.8. The zero-order valence-corrected chi connectivity index (χ0v) is 41.9. The SMILES string of the molecule is CC1CC[C@@]2(OC1)O[C@H]1C[C@H]3[C@@H]4CC[C@H]5C[C@@H](O[C@@H]6O[C@H](CO)[C@H](O[C@@H]7O[C@H](CO)[C@@H](O)[C@H](O[C@@H]8OC[C@@H](O)C(O)[C@H]8O)[C@H]7O[C@@H]7O[C@H](CO)[C@H](O)[C@H](O)[C@H]7O)[C@H](O)[C@H]6O)CC[C@]5(C)[C@H]4CC(=O)[C@]3(C)[C@H]1[C@@H]2C. The van der Waals surface area contributed by atoms with Crippen molar-refractivity contribution in [2.75, 3.05) is 33.0 Å². The van der Waals surface area contributed by atoms with Crippen molar-refractivity contribution in [3.63, 3.8) is 0 Å². The molecule has 10 fully saturated rings. The molecule has 0 aromatic carbocycles. The Morgan fingerprint density at radius 2 is 1.22 bits per heavy atom. The lowest BCUT2D eigenvalue weighted by Gasteiger charge is -2.60. The van der Waals surface area contributed by atoms with Gasteiger partial charge in [-0.15, -0.1) is 0 Å². The molecule has 10 aliphatic rings. The molecular weight excluding hydrogens is 969 g/mol. The Morgan fingerprint density at radius 1 is 0.589 bits per heavy atom. The number of hydrogen-bond donors (Lipinski definition) is 12. The van der Waals surface area contributed by atoms with E-state index in [4.69, 9.17) is 47.4 Å². The van der Waals surface area contributed by atoms with Gasteiger partial charge in [0.1, 0.15) is 97.3 Å². The van der Waals surface area contributed by atoms with E-state index in [1.54, 1.807) is 0 Å². The van der Waals surface area contributed by atoms with Crippen molar-refractivity contribution >= 4 is 5.78 Å². The molecule has 0 radical (unpaired) electrons. The summed E-state index contributed by atoms with van der Waals surface area (Å²) in [4.78, 5) is 14.7. The molecule has 4 saturated carbocycles. The van der Waals surface area contributed by atoms with Crippen LogP contribution in [0.1, 0.15) is 85.5 Å². The molecule has 23 nitrogen and oxygen atoms in total. The molecule has 0 aromatic heterocycles. The van der Waals surface area contributed by atoms with Crippen LogP contribution in [0.4, 0.5) is 0 Å². The van der Waals surface area contributed by atoms with Gasteiger partial charge in [-0.1, -0.05) is 27.7 Å². The first-order valence-corrected chi connectivity index (χ1v) is 26.7. The zero-order chi connectivity index (χ0) is 52.2. The third-order valence-electron chi connectivity index (χ3n) is 19.9. The van der Waals surface area contributed by atoms with Crippen LogP contribution in [-0.4, -0.2) is 235 Å². The number of Topliss-reactive ketones (excluding diaryl/α,β-unsaturated/α-hetero) is 1. The smallest absolute Gasteiger partial charge is 0.187 e. The fourth-order valence-corrected chi connectivity index (χ4v) is 15.6. The lowest BCUT2D eigenvalue weighted by Crippen LogP contribution is -2.68. The van der Waals surface area contributed by atoms with Gasteiger partial charge in [0.15, 0.2) is 30.9 Å². The molecule has 0 aromatic rings. The minimum absolute atomic E-state index is 0.0117. The maximum atomic E-state index is 14.7. The van der Waals surface area contributed by atoms with Crippen LogP contribution in [0.2, 0.25) is 0 Å². The number of fused-ring (bicyclic) bond motifs is 7. The number of carbonyl (C=O) groups excluding carboxylic acids is 1. The standard InChI is InChI=1S/C50H80O23/c1-19-7-10-50(65-17-19)20(2)32-27(73-50)12-25-23-6-5-21-11-22(8-9-48(21,3)24(23)13-31(55)49(25,32)4)66-45-40(63)37(60)41(30(16-53)69-45)70-47-43(72-46-39(62)36(59)34(57)28(14-51)67-46)42(35(58)29(15-52)68-47)71-44-38(61)33(56)26(54)18-64-44/h19-30,32-47,51-54,56-63H,5-18H2,1-4H3/t19?,20-,21-,22-,23+,24-,25-,26+,27-,28+,29+,30+,32-,33?,34-,35+,36-,37+,38+,39+,40+,41-,42-,43+,44-,45+,46-,47-,48-,49+,50+/m0/s1. The quantitative estimate of drug-likeness (QED) is 0.0913. The van der Waals surface area contributed by atoms with Crippen LogP contribution in [0, 0.1) is 52.3 Å². The van der Waals surface area contributed by atoms with Crippen LogP contribution in [0.15, 0.2) is 0 Å². The molecular formula is C50H80O23. The molecule has 23 heteroatoms. The van der Waals surface area contributed by atoms with E-state index < -0.39 is 160 Å². The molecule has 31 atom stereocenters. The van der Waals surface area contributed by atoms with Crippen molar-refractivity contribution in [3.05, 3.63) is 0 Å². The van der Waals surface area contributed by atoms with Gasteiger partial charge in [-0.2, -0.15) is 0 Å². The first-order chi connectivity index (χ1) is 34.7. The number of hydrogen-bond acceptors (Lipinski definition) is 23. The van der Waals surface area contributed by atoms with Gasteiger partial charge in [0.25, 0.3) is 0 Å². The molecule has 10 rings (SSSR count). The second-order valence-corrected chi connectivity index (χ2v) is 23.7. The van der Waals surface area contributed by atoms with E-state index >= 15 is 0 Å². The molecule has 6 heterocycles. The third-order valence-corrected chi connectivity index (χ3v) is 19.9. The molecule has 12 N–H and O–H groups in total. The number of ether oxygens (including phenoxy) is 10. The Balaban J connectivity index is 0.820. The largest absolute Gasteiger partial charge is 0.394 e. The van der Waals surface area contributed by atoms with Gasteiger partial charge < -0.3 is 109 Å². The predicted octanol–water partition coefficient (Wildman–Crippen LogP) is -3.09. The highest BCUT2D eigenvalue weighted by Gasteiger charge is 2.72. The average molecular weight is 1050 g/mol. The summed E-state index contributed by atoms with van der Waals surface area (Å²) in [7, 11) is 0. The van der Waals surface area contributed by atoms with Crippen LogP contribution in [0.3, 0.4) is 0 Å². The van der Waals surface area contributed by atoms with Crippen LogP contribution < -0.4 is 0 Å². The van der Waals surface area contributed by atoms with Crippen LogP contribution in [0.5, 0.6) is 0 Å². The lowest BCUT2D eigenvalue weighted by atomic mass is 9.44. The Morgan fingerprint density at radius 3 is 1.92 bits per heavy atom. The van der Waals surface area contributed by atoms with Crippen molar-refractivity contribution in [1.82, 2.24) is 0 Å². The summed E-state index contributed by atoms with van der Waals surface area (Å²) in [5.74, 6) is 1.40. The Labute approximate surface area is 423 Å².